The first-order valence-electron chi connectivity index (χ1n) is 6.01. The average molecular weight is 283 g/mol. The van der Waals surface area contributed by atoms with Crippen LogP contribution in [0, 0.1) is 0 Å². The first kappa shape index (κ1) is 14.5. The van der Waals surface area contributed by atoms with E-state index in [1.54, 1.807) is 12.1 Å². The highest BCUT2D eigenvalue weighted by molar-refractivity contribution is 7.89. The van der Waals surface area contributed by atoms with Crippen LogP contribution in [0.25, 0.3) is 0 Å². The second kappa shape index (κ2) is 4.31. The third-order valence-electron chi connectivity index (χ3n) is 3.71. The third kappa shape index (κ3) is 2.69. The highest BCUT2D eigenvalue weighted by Gasteiger charge is 2.51. The van der Waals surface area contributed by atoms with E-state index in [1.165, 1.54) is 12.1 Å². The lowest BCUT2D eigenvalue weighted by Gasteiger charge is -2.32. The fourth-order valence-electron chi connectivity index (χ4n) is 1.82. The van der Waals surface area contributed by atoms with Crippen molar-refractivity contribution in [2.24, 2.45) is 5.14 Å². The van der Waals surface area contributed by atoms with Gasteiger partial charge < -0.3 is 9.31 Å². The van der Waals surface area contributed by atoms with E-state index in [0.717, 1.165) is 0 Å². The minimum atomic E-state index is -3.72. The maximum atomic E-state index is 11.4. The van der Waals surface area contributed by atoms with Crippen molar-refractivity contribution in [1.29, 1.82) is 0 Å². The number of hydrogen-bond acceptors (Lipinski definition) is 4. The third-order valence-corrected chi connectivity index (χ3v) is 4.62. The summed E-state index contributed by atoms with van der Waals surface area (Å²) in [7, 11) is -4.31. The molecule has 0 aliphatic carbocycles. The molecule has 1 heterocycles. The molecule has 0 unspecified atom stereocenters. The predicted octanol–water partition coefficient (Wildman–Crippen LogP) is 0.633. The minimum absolute atomic E-state index is 0.0553. The summed E-state index contributed by atoms with van der Waals surface area (Å²) in [5.74, 6) is 0. The van der Waals surface area contributed by atoms with Gasteiger partial charge in [-0.3, -0.25) is 0 Å². The van der Waals surface area contributed by atoms with Gasteiger partial charge in [-0.1, -0.05) is 12.1 Å². The smallest absolute Gasteiger partial charge is 0.399 e. The lowest BCUT2D eigenvalue weighted by Crippen LogP contribution is -2.41. The molecule has 0 bridgehead atoms. The Hall–Kier alpha value is -0.885. The summed E-state index contributed by atoms with van der Waals surface area (Å²) in [5.41, 5.74) is -0.282. The van der Waals surface area contributed by atoms with Crippen LogP contribution in [0.3, 0.4) is 0 Å². The molecule has 5 nitrogen and oxygen atoms in total. The Morgan fingerprint density at radius 3 is 2.11 bits per heavy atom. The highest BCUT2D eigenvalue weighted by atomic mass is 32.2. The predicted molar refractivity (Wildman–Crippen MR) is 73.5 cm³/mol. The molecular formula is C12H18BNO4S. The monoisotopic (exact) mass is 283 g/mol. The topological polar surface area (TPSA) is 78.6 Å². The first-order valence-corrected chi connectivity index (χ1v) is 7.56. The zero-order valence-electron chi connectivity index (χ0n) is 11.5. The molecule has 0 amide bonds. The Morgan fingerprint density at radius 1 is 1.11 bits per heavy atom. The van der Waals surface area contributed by atoms with Gasteiger partial charge in [-0.25, -0.2) is 13.6 Å². The van der Waals surface area contributed by atoms with E-state index < -0.39 is 28.3 Å². The van der Waals surface area contributed by atoms with Crippen LogP contribution in [-0.2, 0) is 19.3 Å². The quantitative estimate of drug-likeness (QED) is 0.808. The van der Waals surface area contributed by atoms with Crippen LogP contribution in [0.2, 0.25) is 0 Å². The highest BCUT2D eigenvalue weighted by Crippen LogP contribution is 2.36. The molecule has 1 fully saturated rings. The van der Waals surface area contributed by atoms with Gasteiger partial charge in [0, 0.05) is 0 Å². The molecule has 1 aromatic rings. The second-order valence-electron chi connectivity index (χ2n) is 5.71. The molecule has 1 aromatic carbocycles. The molecule has 1 aliphatic heterocycles. The Morgan fingerprint density at radius 2 is 1.63 bits per heavy atom. The van der Waals surface area contributed by atoms with Crippen molar-refractivity contribution in [3.8, 4) is 0 Å². The first-order chi connectivity index (χ1) is 8.53. The summed E-state index contributed by atoms with van der Waals surface area (Å²) in [4.78, 5) is 0.0553. The summed E-state index contributed by atoms with van der Waals surface area (Å²) in [6, 6.07) is 6.32. The van der Waals surface area contributed by atoms with Crippen molar-refractivity contribution in [2.45, 2.75) is 43.8 Å². The van der Waals surface area contributed by atoms with Crippen molar-refractivity contribution in [3.63, 3.8) is 0 Å². The molecule has 2 N–H and O–H groups in total. The fraction of sp³-hybridized carbons (Fsp3) is 0.500. The van der Waals surface area contributed by atoms with E-state index in [0.29, 0.717) is 5.46 Å². The number of benzene rings is 1. The van der Waals surface area contributed by atoms with Gasteiger partial charge in [0.05, 0.1) is 16.1 Å². The summed E-state index contributed by atoms with van der Waals surface area (Å²) < 4.78 is 34.4. The number of nitrogens with two attached hydrogens (primary N) is 1. The van der Waals surface area contributed by atoms with Crippen LogP contribution < -0.4 is 10.6 Å². The Kier molecular flexibility index (Phi) is 3.29. The van der Waals surface area contributed by atoms with Crippen LogP contribution in [0.4, 0.5) is 0 Å². The van der Waals surface area contributed by atoms with Gasteiger partial charge in [0.1, 0.15) is 0 Å². The van der Waals surface area contributed by atoms with Gasteiger partial charge in [-0.2, -0.15) is 0 Å². The van der Waals surface area contributed by atoms with Crippen molar-refractivity contribution >= 4 is 22.6 Å². The van der Waals surface area contributed by atoms with Gasteiger partial charge in [-0.15, -0.1) is 0 Å². The SMILES string of the molecule is CC1(C)OB(c2cccc(S(N)(=O)=O)c2)OC1(C)C. The van der Waals surface area contributed by atoms with Crippen molar-refractivity contribution in [1.82, 2.24) is 0 Å². The number of hydrogen-bond donors (Lipinski definition) is 1. The molecule has 0 spiro atoms. The number of primary sulfonamides is 1. The molecule has 0 atom stereocenters. The summed E-state index contributed by atoms with van der Waals surface area (Å²) >= 11 is 0. The van der Waals surface area contributed by atoms with E-state index >= 15 is 0 Å². The van der Waals surface area contributed by atoms with Crippen molar-refractivity contribution in [2.75, 3.05) is 0 Å². The van der Waals surface area contributed by atoms with Gasteiger partial charge >= 0.3 is 7.12 Å². The lowest BCUT2D eigenvalue weighted by molar-refractivity contribution is 0.00578. The van der Waals surface area contributed by atoms with Crippen LogP contribution in [0.5, 0.6) is 0 Å². The zero-order chi connectivity index (χ0) is 14.5. The van der Waals surface area contributed by atoms with E-state index in [1.807, 2.05) is 27.7 Å². The van der Waals surface area contributed by atoms with Gasteiger partial charge in [0.15, 0.2) is 0 Å². The molecular weight excluding hydrogens is 265 g/mol. The maximum Gasteiger partial charge on any atom is 0.494 e. The van der Waals surface area contributed by atoms with Crippen molar-refractivity contribution < 1.29 is 17.7 Å². The number of sulfonamides is 1. The van der Waals surface area contributed by atoms with Gasteiger partial charge in [0.25, 0.3) is 0 Å². The minimum Gasteiger partial charge on any atom is -0.399 e. The largest absolute Gasteiger partial charge is 0.494 e. The molecule has 1 aliphatic rings. The van der Waals surface area contributed by atoms with E-state index in [2.05, 4.69) is 0 Å². The van der Waals surface area contributed by atoms with Crippen molar-refractivity contribution in [3.05, 3.63) is 24.3 Å². The Balaban J connectivity index is 2.36. The molecule has 104 valence electrons. The van der Waals surface area contributed by atoms with Crippen LogP contribution in [-0.4, -0.2) is 26.7 Å². The maximum absolute atomic E-state index is 11.4. The summed E-state index contributed by atoms with van der Waals surface area (Å²) in [6.07, 6.45) is 0. The van der Waals surface area contributed by atoms with Gasteiger partial charge in [-0.05, 0) is 45.3 Å². The Bertz CT molecular complexity index is 582. The molecule has 7 heteroatoms. The fourth-order valence-corrected chi connectivity index (χ4v) is 2.39. The standard InChI is InChI=1S/C12H18BNO4S/c1-11(2)12(3,4)18-13(17-11)9-6-5-7-10(8-9)19(14,15)16/h5-8H,1-4H3,(H2,14,15,16). The molecule has 0 aromatic heterocycles. The molecule has 0 saturated carbocycles. The van der Waals surface area contributed by atoms with Crippen LogP contribution >= 0.6 is 0 Å². The van der Waals surface area contributed by atoms with Gasteiger partial charge in [0.2, 0.25) is 10.0 Å². The second-order valence-corrected chi connectivity index (χ2v) is 7.27. The van der Waals surface area contributed by atoms with E-state index in [4.69, 9.17) is 14.4 Å². The molecule has 1 saturated heterocycles. The van der Waals surface area contributed by atoms with Crippen LogP contribution in [0.15, 0.2) is 29.2 Å². The number of rotatable bonds is 2. The van der Waals surface area contributed by atoms with E-state index in [-0.39, 0.29) is 4.90 Å². The Labute approximate surface area is 114 Å². The molecule has 0 radical (unpaired) electrons. The van der Waals surface area contributed by atoms with E-state index in [9.17, 15) is 8.42 Å². The molecule has 2 rings (SSSR count). The molecule has 19 heavy (non-hydrogen) atoms. The summed E-state index contributed by atoms with van der Waals surface area (Å²) in [5, 5.41) is 5.12. The van der Waals surface area contributed by atoms with Crippen LogP contribution in [0.1, 0.15) is 27.7 Å². The zero-order valence-corrected chi connectivity index (χ0v) is 12.3. The average Bonchev–Trinajstić information content (AvgIpc) is 2.47. The lowest BCUT2D eigenvalue weighted by atomic mass is 9.79. The summed E-state index contributed by atoms with van der Waals surface area (Å²) in [6.45, 7) is 7.76. The normalized spacial score (nSPS) is 21.6.